The van der Waals surface area contributed by atoms with Crippen LogP contribution in [0, 0.1) is 10.1 Å². The molecule has 0 fully saturated rings. The summed E-state index contributed by atoms with van der Waals surface area (Å²) in [5.41, 5.74) is 0.825. The van der Waals surface area contributed by atoms with Crippen molar-refractivity contribution in [2.75, 3.05) is 5.75 Å². The SMILES string of the molecule is C[C@H](NC(=O)CSc1ccc([N+](=O)[O-])cc1)c1cc2ccccc2o1. The van der Waals surface area contributed by atoms with Crippen molar-refractivity contribution in [3.8, 4) is 0 Å². The first-order chi connectivity index (χ1) is 12.0. The van der Waals surface area contributed by atoms with Crippen molar-refractivity contribution in [3.05, 3.63) is 70.5 Å². The second kappa shape index (κ2) is 7.40. The fourth-order valence-electron chi connectivity index (χ4n) is 2.38. The van der Waals surface area contributed by atoms with Gasteiger partial charge >= 0.3 is 0 Å². The number of para-hydroxylation sites is 1. The first-order valence-corrected chi connectivity index (χ1v) is 8.66. The fourth-order valence-corrected chi connectivity index (χ4v) is 3.09. The van der Waals surface area contributed by atoms with Gasteiger partial charge < -0.3 is 9.73 Å². The lowest BCUT2D eigenvalue weighted by atomic mass is 10.2. The lowest BCUT2D eigenvalue weighted by molar-refractivity contribution is -0.384. The van der Waals surface area contributed by atoms with E-state index in [4.69, 9.17) is 4.42 Å². The van der Waals surface area contributed by atoms with Gasteiger partial charge in [-0.2, -0.15) is 0 Å². The van der Waals surface area contributed by atoms with Gasteiger partial charge in [0, 0.05) is 22.4 Å². The van der Waals surface area contributed by atoms with Gasteiger partial charge in [0.05, 0.1) is 16.7 Å². The molecule has 0 saturated carbocycles. The number of amides is 1. The Kier molecular flexibility index (Phi) is 5.04. The van der Waals surface area contributed by atoms with Gasteiger partial charge in [-0.15, -0.1) is 11.8 Å². The summed E-state index contributed by atoms with van der Waals surface area (Å²) in [4.78, 5) is 23.1. The molecule has 3 aromatic rings. The summed E-state index contributed by atoms with van der Waals surface area (Å²) < 4.78 is 5.74. The number of hydrogen-bond acceptors (Lipinski definition) is 5. The molecular formula is C18H16N2O4S. The normalized spacial score (nSPS) is 12.0. The largest absolute Gasteiger partial charge is 0.459 e. The lowest BCUT2D eigenvalue weighted by Crippen LogP contribution is -2.27. The molecule has 0 aliphatic heterocycles. The van der Waals surface area contributed by atoms with Crippen molar-refractivity contribution < 1.29 is 14.1 Å². The van der Waals surface area contributed by atoms with Gasteiger partial charge in [0.15, 0.2) is 0 Å². The van der Waals surface area contributed by atoms with Crippen molar-refractivity contribution in [1.82, 2.24) is 5.32 Å². The molecule has 1 amide bonds. The molecule has 0 saturated heterocycles. The summed E-state index contributed by atoms with van der Waals surface area (Å²) in [6, 6.07) is 15.5. The van der Waals surface area contributed by atoms with Crippen molar-refractivity contribution in [2.24, 2.45) is 0 Å². The Morgan fingerprint density at radius 1 is 1.24 bits per heavy atom. The number of fused-ring (bicyclic) bond motifs is 1. The van der Waals surface area contributed by atoms with Gasteiger partial charge in [0.2, 0.25) is 5.91 Å². The quantitative estimate of drug-likeness (QED) is 0.404. The minimum absolute atomic E-state index is 0.0345. The van der Waals surface area contributed by atoms with Gasteiger partial charge in [0.25, 0.3) is 5.69 Å². The van der Waals surface area contributed by atoms with Crippen LogP contribution < -0.4 is 5.32 Å². The average Bonchev–Trinajstić information content (AvgIpc) is 3.04. The molecule has 0 bridgehead atoms. The maximum atomic E-state index is 12.1. The maximum absolute atomic E-state index is 12.1. The number of nitro groups is 1. The van der Waals surface area contributed by atoms with Crippen molar-refractivity contribution in [2.45, 2.75) is 17.9 Å². The summed E-state index contributed by atoms with van der Waals surface area (Å²) in [7, 11) is 0. The van der Waals surface area contributed by atoms with E-state index in [0.717, 1.165) is 15.9 Å². The zero-order valence-electron chi connectivity index (χ0n) is 13.5. The Bertz CT molecular complexity index is 872. The van der Waals surface area contributed by atoms with Gasteiger partial charge in [-0.05, 0) is 31.2 Å². The number of carbonyl (C=O) groups excluding carboxylic acids is 1. The van der Waals surface area contributed by atoms with E-state index in [0.29, 0.717) is 5.76 Å². The summed E-state index contributed by atoms with van der Waals surface area (Å²) >= 11 is 1.33. The number of hydrogen-bond donors (Lipinski definition) is 1. The Labute approximate surface area is 148 Å². The monoisotopic (exact) mass is 356 g/mol. The number of rotatable bonds is 6. The molecular weight excluding hydrogens is 340 g/mol. The third-order valence-corrected chi connectivity index (χ3v) is 4.68. The molecule has 1 aromatic heterocycles. The van der Waals surface area contributed by atoms with Crippen LogP contribution in [-0.2, 0) is 4.79 Å². The highest BCUT2D eigenvalue weighted by Gasteiger charge is 2.14. The van der Waals surface area contributed by atoms with Crippen LogP contribution in [0.15, 0.2) is 63.9 Å². The first-order valence-electron chi connectivity index (χ1n) is 7.68. The molecule has 1 heterocycles. The van der Waals surface area contributed by atoms with Crippen LogP contribution in [0.4, 0.5) is 5.69 Å². The summed E-state index contributed by atoms with van der Waals surface area (Å²) in [6.45, 7) is 1.87. The number of non-ortho nitro benzene ring substituents is 1. The molecule has 3 rings (SSSR count). The van der Waals surface area contributed by atoms with Crippen LogP contribution in [0.5, 0.6) is 0 Å². The smallest absolute Gasteiger partial charge is 0.269 e. The van der Waals surface area contributed by atoms with Crippen LogP contribution in [0.2, 0.25) is 0 Å². The van der Waals surface area contributed by atoms with E-state index in [1.807, 2.05) is 37.3 Å². The van der Waals surface area contributed by atoms with E-state index in [9.17, 15) is 14.9 Å². The predicted octanol–water partition coefficient (Wildman–Crippen LogP) is 4.31. The number of nitrogens with one attached hydrogen (secondary N) is 1. The molecule has 7 heteroatoms. The third-order valence-electron chi connectivity index (χ3n) is 3.67. The molecule has 0 aliphatic rings. The minimum Gasteiger partial charge on any atom is -0.459 e. The number of furan rings is 1. The van der Waals surface area contributed by atoms with Gasteiger partial charge in [-0.3, -0.25) is 14.9 Å². The second-order valence-corrected chi connectivity index (χ2v) is 6.56. The Morgan fingerprint density at radius 3 is 2.64 bits per heavy atom. The second-order valence-electron chi connectivity index (χ2n) is 5.52. The summed E-state index contributed by atoms with van der Waals surface area (Å²) in [5.74, 6) is 0.800. The zero-order valence-corrected chi connectivity index (χ0v) is 14.3. The lowest BCUT2D eigenvalue weighted by Gasteiger charge is -2.11. The minimum atomic E-state index is -0.448. The Morgan fingerprint density at radius 2 is 1.96 bits per heavy atom. The number of benzene rings is 2. The Balaban J connectivity index is 1.55. The number of thioether (sulfide) groups is 1. The molecule has 1 atom stereocenters. The Hall–Kier alpha value is -2.80. The van der Waals surface area contributed by atoms with E-state index in [1.165, 1.54) is 23.9 Å². The standard InChI is InChI=1S/C18H16N2O4S/c1-12(17-10-13-4-2-3-5-16(13)24-17)19-18(21)11-25-15-8-6-14(7-9-15)20(22)23/h2-10,12H,11H2,1H3,(H,19,21)/t12-/m0/s1. The molecule has 0 radical (unpaired) electrons. The first kappa shape index (κ1) is 17.0. The van der Waals surface area contributed by atoms with Crippen LogP contribution in [0.3, 0.4) is 0 Å². The summed E-state index contributed by atoms with van der Waals surface area (Å²) in [6.07, 6.45) is 0. The van der Waals surface area contributed by atoms with Crippen LogP contribution in [0.1, 0.15) is 18.7 Å². The molecule has 0 aliphatic carbocycles. The predicted molar refractivity (Wildman–Crippen MR) is 96.6 cm³/mol. The van der Waals surface area contributed by atoms with E-state index >= 15 is 0 Å². The highest BCUT2D eigenvalue weighted by Crippen LogP contribution is 2.24. The zero-order chi connectivity index (χ0) is 17.8. The maximum Gasteiger partial charge on any atom is 0.269 e. The van der Waals surface area contributed by atoms with E-state index in [2.05, 4.69) is 5.32 Å². The van der Waals surface area contributed by atoms with Crippen LogP contribution in [-0.4, -0.2) is 16.6 Å². The molecule has 2 aromatic carbocycles. The van der Waals surface area contributed by atoms with E-state index in [-0.39, 0.29) is 23.4 Å². The van der Waals surface area contributed by atoms with Crippen LogP contribution in [0.25, 0.3) is 11.0 Å². The molecule has 0 spiro atoms. The van der Waals surface area contributed by atoms with Crippen LogP contribution >= 0.6 is 11.8 Å². The van der Waals surface area contributed by atoms with E-state index < -0.39 is 4.92 Å². The van der Waals surface area contributed by atoms with Crippen molar-refractivity contribution in [3.63, 3.8) is 0 Å². The molecule has 25 heavy (non-hydrogen) atoms. The highest BCUT2D eigenvalue weighted by molar-refractivity contribution is 8.00. The highest BCUT2D eigenvalue weighted by atomic mass is 32.2. The van der Waals surface area contributed by atoms with Crippen molar-refractivity contribution in [1.29, 1.82) is 0 Å². The van der Waals surface area contributed by atoms with Gasteiger partial charge in [-0.1, -0.05) is 18.2 Å². The summed E-state index contributed by atoms with van der Waals surface area (Å²) in [5, 5.41) is 14.5. The molecule has 0 unspecified atom stereocenters. The number of nitrogens with zero attached hydrogens (tertiary/aromatic N) is 1. The molecule has 6 nitrogen and oxygen atoms in total. The topological polar surface area (TPSA) is 85.4 Å². The fraction of sp³-hybridized carbons (Fsp3) is 0.167. The van der Waals surface area contributed by atoms with E-state index in [1.54, 1.807) is 12.1 Å². The van der Waals surface area contributed by atoms with Gasteiger partial charge in [-0.25, -0.2) is 0 Å². The third kappa shape index (κ3) is 4.19. The molecule has 128 valence electrons. The molecule has 1 N–H and O–H groups in total. The number of nitro benzene ring substituents is 1. The van der Waals surface area contributed by atoms with Gasteiger partial charge in [0.1, 0.15) is 11.3 Å². The number of carbonyl (C=O) groups is 1. The average molecular weight is 356 g/mol. The van der Waals surface area contributed by atoms with Crippen molar-refractivity contribution >= 4 is 34.3 Å².